The molecular formula is C16H27NO. The van der Waals surface area contributed by atoms with Crippen LogP contribution in [0.2, 0.25) is 0 Å². The summed E-state index contributed by atoms with van der Waals surface area (Å²) in [5.74, 6) is 1.10. The molecule has 1 aromatic rings. The van der Waals surface area contributed by atoms with E-state index < -0.39 is 0 Å². The van der Waals surface area contributed by atoms with E-state index in [9.17, 15) is 4.79 Å². The van der Waals surface area contributed by atoms with Gasteiger partial charge in [0.15, 0.2) is 0 Å². The van der Waals surface area contributed by atoms with Crippen LogP contribution in [0.1, 0.15) is 34.7 Å². The van der Waals surface area contributed by atoms with Gasteiger partial charge in [-0.15, -0.1) is 0 Å². The molecule has 0 saturated heterocycles. The van der Waals surface area contributed by atoms with Gasteiger partial charge in [-0.2, -0.15) is 0 Å². The summed E-state index contributed by atoms with van der Waals surface area (Å²) in [6, 6.07) is 10.2. The number of nitrogens with one attached hydrogen (secondary N) is 1. The summed E-state index contributed by atoms with van der Waals surface area (Å²) in [5.41, 5.74) is 1.23. The molecule has 0 spiro atoms. The number of hydrogen-bond donors (Lipinski definition) is 1. The van der Waals surface area contributed by atoms with Crippen molar-refractivity contribution in [3.63, 3.8) is 0 Å². The van der Waals surface area contributed by atoms with Crippen molar-refractivity contribution in [1.29, 1.82) is 0 Å². The highest BCUT2D eigenvalue weighted by molar-refractivity contribution is 5.79. The van der Waals surface area contributed by atoms with Crippen LogP contribution in [0.4, 0.5) is 0 Å². The third kappa shape index (κ3) is 4.91. The van der Waals surface area contributed by atoms with Crippen molar-refractivity contribution in [3.05, 3.63) is 35.9 Å². The molecule has 102 valence electrons. The molecule has 18 heavy (non-hydrogen) atoms. The second kappa shape index (κ2) is 7.20. The number of benzene rings is 1. The topological polar surface area (TPSA) is 29.1 Å². The van der Waals surface area contributed by atoms with Gasteiger partial charge >= 0.3 is 0 Å². The van der Waals surface area contributed by atoms with Crippen LogP contribution >= 0.6 is 0 Å². The van der Waals surface area contributed by atoms with E-state index in [2.05, 4.69) is 45.1 Å². The van der Waals surface area contributed by atoms with Crippen molar-refractivity contribution in [2.75, 3.05) is 6.54 Å². The minimum absolute atomic E-state index is 0. The molecule has 0 fully saturated rings. The maximum absolute atomic E-state index is 12.2. The fraction of sp³-hybridized carbons (Fsp3) is 0.562. The summed E-state index contributed by atoms with van der Waals surface area (Å²) in [5, 5.41) is 3.04. The van der Waals surface area contributed by atoms with E-state index in [1.807, 2.05) is 18.2 Å². The Bertz CT molecular complexity index is 362. The maximum atomic E-state index is 12.2. The summed E-state index contributed by atoms with van der Waals surface area (Å²) in [6.07, 6.45) is 0.822. The fourth-order valence-electron chi connectivity index (χ4n) is 1.93. The highest BCUT2D eigenvalue weighted by Gasteiger charge is 2.22. The monoisotopic (exact) mass is 249 g/mol. The van der Waals surface area contributed by atoms with E-state index in [0.29, 0.717) is 11.8 Å². The van der Waals surface area contributed by atoms with Crippen LogP contribution in [-0.4, -0.2) is 12.5 Å². The van der Waals surface area contributed by atoms with Gasteiger partial charge in [0.2, 0.25) is 5.91 Å². The number of hydrogen-bond acceptors (Lipinski definition) is 1. The SMILES string of the molecule is CC(C)CNC(=O)C(Cc1ccccc1)C(C)C.[HH]. The van der Waals surface area contributed by atoms with E-state index in [1.54, 1.807) is 0 Å². The van der Waals surface area contributed by atoms with Gasteiger partial charge in [0.1, 0.15) is 0 Å². The largest absolute Gasteiger partial charge is 0.356 e. The predicted molar refractivity (Wildman–Crippen MR) is 78.4 cm³/mol. The molecule has 0 aliphatic rings. The van der Waals surface area contributed by atoms with E-state index in [-0.39, 0.29) is 13.3 Å². The van der Waals surface area contributed by atoms with Crippen molar-refractivity contribution < 1.29 is 6.22 Å². The first kappa shape index (κ1) is 14.7. The molecule has 1 amide bonds. The van der Waals surface area contributed by atoms with Gasteiger partial charge in [-0.3, -0.25) is 4.79 Å². The minimum atomic E-state index is 0. The first-order chi connectivity index (χ1) is 8.50. The number of carbonyl (C=O) groups is 1. The van der Waals surface area contributed by atoms with Crippen LogP contribution < -0.4 is 5.32 Å². The van der Waals surface area contributed by atoms with Crippen LogP contribution in [0.3, 0.4) is 0 Å². The van der Waals surface area contributed by atoms with Crippen LogP contribution in [0.25, 0.3) is 0 Å². The van der Waals surface area contributed by atoms with Crippen molar-refractivity contribution in [2.24, 2.45) is 17.8 Å². The Kier molecular flexibility index (Phi) is 5.90. The summed E-state index contributed by atoms with van der Waals surface area (Å²) < 4.78 is 0. The van der Waals surface area contributed by atoms with Gasteiger partial charge in [-0.1, -0.05) is 58.0 Å². The van der Waals surface area contributed by atoms with E-state index >= 15 is 0 Å². The van der Waals surface area contributed by atoms with Gasteiger partial charge in [-0.25, -0.2) is 0 Å². The smallest absolute Gasteiger partial charge is 0.223 e. The first-order valence-corrected chi connectivity index (χ1v) is 6.82. The molecule has 0 saturated carbocycles. The minimum Gasteiger partial charge on any atom is -0.356 e. The summed E-state index contributed by atoms with van der Waals surface area (Å²) in [6.45, 7) is 9.21. The van der Waals surface area contributed by atoms with Gasteiger partial charge in [0.25, 0.3) is 0 Å². The molecular weight excluding hydrogens is 222 g/mol. The average Bonchev–Trinajstić information content (AvgIpc) is 2.34. The zero-order valence-electron chi connectivity index (χ0n) is 11.9. The van der Waals surface area contributed by atoms with Gasteiger partial charge in [0, 0.05) is 13.9 Å². The Labute approximate surface area is 112 Å². The molecule has 1 N–H and O–H groups in total. The first-order valence-electron chi connectivity index (χ1n) is 6.82. The van der Waals surface area contributed by atoms with Gasteiger partial charge in [0.05, 0.1) is 0 Å². The van der Waals surface area contributed by atoms with Crippen molar-refractivity contribution in [1.82, 2.24) is 5.32 Å². The zero-order valence-corrected chi connectivity index (χ0v) is 11.9. The maximum Gasteiger partial charge on any atom is 0.223 e. The molecule has 2 nitrogen and oxygen atoms in total. The Morgan fingerprint density at radius 2 is 1.78 bits per heavy atom. The molecule has 0 bridgehead atoms. The highest BCUT2D eigenvalue weighted by Crippen LogP contribution is 2.17. The van der Waals surface area contributed by atoms with E-state index in [1.165, 1.54) is 5.56 Å². The molecule has 0 aliphatic carbocycles. The lowest BCUT2D eigenvalue weighted by atomic mass is 9.88. The normalized spacial score (nSPS) is 12.8. The van der Waals surface area contributed by atoms with Crippen LogP contribution in [0.15, 0.2) is 30.3 Å². The number of rotatable bonds is 6. The Morgan fingerprint density at radius 1 is 1.17 bits per heavy atom. The molecule has 0 radical (unpaired) electrons. The average molecular weight is 249 g/mol. The van der Waals surface area contributed by atoms with Crippen molar-refractivity contribution in [2.45, 2.75) is 34.1 Å². The number of carbonyl (C=O) groups excluding carboxylic acids is 1. The molecule has 1 unspecified atom stereocenters. The Hall–Kier alpha value is -1.31. The lowest BCUT2D eigenvalue weighted by Crippen LogP contribution is -2.36. The van der Waals surface area contributed by atoms with Crippen molar-refractivity contribution in [3.8, 4) is 0 Å². The third-order valence-electron chi connectivity index (χ3n) is 3.12. The molecule has 1 aromatic carbocycles. The summed E-state index contributed by atoms with van der Waals surface area (Å²) >= 11 is 0. The van der Waals surface area contributed by atoms with Crippen molar-refractivity contribution >= 4 is 5.91 Å². The third-order valence-corrected chi connectivity index (χ3v) is 3.12. The van der Waals surface area contributed by atoms with E-state index in [4.69, 9.17) is 0 Å². The van der Waals surface area contributed by atoms with Gasteiger partial charge in [-0.05, 0) is 23.8 Å². The molecule has 1 atom stereocenters. The second-order valence-corrected chi connectivity index (χ2v) is 5.68. The standard InChI is InChI=1S/C16H25NO.H2/c1-12(2)11-17-16(18)15(13(3)4)10-14-8-6-5-7-9-14;/h5-9,12-13,15H,10-11H2,1-4H3,(H,17,18);1H. The van der Waals surface area contributed by atoms with Crippen LogP contribution in [0.5, 0.6) is 0 Å². The second-order valence-electron chi connectivity index (χ2n) is 5.68. The van der Waals surface area contributed by atoms with E-state index in [0.717, 1.165) is 13.0 Å². The Morgan fingerprint density at radius 3 is 2.28 bits per heavy atom. The molecule has 0 aliphatic heterocycles. The fourth-order valence-corrected chi connectivity index (χ4v) is 1.93. The lowest BCUT2D eigenvalue weighted by Gasteiger charge is -2.21. The highest BCUT2D eigenvalue weighted by atomic mass is 16.1. The quantitative estimate of drug-likeness (QED) is 0.821. The molecule has 1 rings (SSSR count). The number of amides is 1. The summed E-state index contributed by atoms with van der Waals surface area (Å²) in [7, 11) is 0. The molecule has 0 heterocycles. The lowest BCUT2D eigenvalue weighted by molar-refractivity contribution is -0.126. The predicted octanol–water partition coefficient (Wildman–Crippen LogP) is 3.52. The van der Waals surface area contributed by atoms with Crippen LogP contribution in [-0.2, 0) is 11.2 Å². The summed E-state index contributed by atoms with van der Waals surface area (Å²) in [4.78, 5) is 12.2. The molecule has 0 aromatic heterocycles. The van der Waals surface area contributed by atoms with Gasteiger partial charge < -0.3 is 5.32 Å². The van der Waals surface area contributed by atoms with Crippen LogP contribution in [0, 0.1) is 17.8 Å². The Balaban J connectivity index is 0.00000324. The molecule has 2 heteroatoms. The zero-order chi connectivity index (χ0) is 13.5.